The molecule has 0 aromatic rings. The Morgan fingerprint density at radius 3 is 2.21 bits per heavy atom. The molecular weight excluding hydrogens is 295 g/mol. The number of rotatable bonds is 2. The maximum absolute atomic E-state index is 11.6. The van der Waals surface area contributed by atoms with E-state index >= 15 is 0 Å². The summed E-state index contributed by atoms with van der Waals surface area (Å²) < 4.78 is 6.81. The minimum atomic E-state index is -0.296. The molecule has 0 fully saturated rings. The van der Waals surface area contributed by atoms with Gasteiger partial charge in [0.05, 0.1) is 11.7 Å². The van der Waals surface area contributed by atoms with Gasteiger partial charge in [-0.3, -0.25) is 9.59 Å². The van der Waals surface area contributed by atoms with Gasteiger partial charge >= 0.3 is 0 Å². The zero-order valence-electron chi connectivity index (χ0n) is 8.26. The van der Waals surface area contributed by atoms with E-state index < -0.39 is 0 Å². The summed E-state index contributed by atoms with van der Waals surface area (Å²) in [6.45, 7) is 5.26. The summed E-state index contributed by atoms with van der Waals surface area (Å²) in [6.07, 6.45) is -0.0924. The first-order chi connectivity index (χ1) is 6.49. The van der Waals surface area contributed by atoms with Crippen LogP contribution in [0.3, 0.4) is 0 Å². The Hall–Kier alpha value is -0.650. The van der Waals surface area contributed by atoms with E-state index in [1.54, 1.807) is 6.92 Å². The van der Waals surface area contributed by atoms with Gasteiger partial charge in [-0.05, 0) is 24.9 Å². The second-order valence-corrected chi connectivity index (χ2v) is 3.92. The summed E-state index contributed by atoms with van der Waals surface area (Å²) in [5.41, 5.74) is 0.616. The molecule has 3 nitrogen and oxygen atoms in total. The van der Waals surface area contributed by atoms with Gasteiger partial charge in [-0.25, -0.2) is 0 Å². The molecule has 4 heteroatoms. The number of ether oxygens (including phenoxy) is 1. The third kappa shape index (κ3) is 1.89. The highest BCUT2D eigenvalue weighted by Crippen LogP contribution is 2.26. The van der Waals surface area contributed by atoms with Gasteiger partial charge in [0, 0.05) is 5.57 Å². The lowest BCUT2D eigenvalue weighted by molar-refractivity contribution is -0.117. The third-order valence-corrected chi connectivity index (χ3v) is 2.46. The van der Waals surface area contributed by atoms with Crippen molar-refractivity contribution in [3.63, 3.8) is 0 Å². The van der Waals surface area contributed by atoms with E-state index in [4.69, 9.17) is 4.74 Å². The molecule has 0 N–H and O–H groups in total. The fourth-order valence-electron chi connectivity index (χ4n) is 1.18. The molecule has 76 valence electrons. The van der Waals surface area contributed by atoms with Crippen LogP contribution in [-0.4, -0.2) is 17.7 Å². The number of hydrogen-bond donors (Lipinski definition) is 0. The van der Waals surface area contributed by atoms with Gasteiger partial charge < -0.3 is 4.74 Å². The molecule has 0 heterocycles. The van der Waals surface area contributed by atoms with Crippen LogP contribution in [0.5, 0.6) is 0 Å². The van der Waals surface area contributed by atoms with Gasteiger partial charge in [-0.1, -0.05) is 22.6 Å². The number of carbonyl (C=O) groups excluding carboxylic acids is 2. The van der Waals surface area contributed by atoms with E-state index in [-0.39, 0.29) is 29.0 Å². The van der Waals surface area contributed by atoms with Crippen LogP contribution in [-0.2, 0) is 14.3 Å². The summed E-state index contributed by atoms with van der Waals surface area (Å²) >= 11 is 1.89. The average molecular weight is 306 g/mol. The van der Waals surface area contributed by atoms with Gasteiger partial charge in [0.2, 0.25) is 5.78 Å². The number of carbonyl (C=O) groups is 2. The van der Waals surface area contributed by atoms with Crippen LogP contribution in [0.25, 0.3) is 0 Å². The largest absolute Gasteiger partial charge is 0.486 e. The number of Topliss-reactive ketones (excluding diaryl/α,β-unsaturated/α-hetero) is 2. The maximum Gasteiger partial charge on any atom is 0.232 e. The Morgan fingerprint density at radius 1 is 1.29 bits per heavy atom. The van der Waals surface area contributed by atoms with Crippen molar-refractivity contribution in [1.29, 1.82) is 0 Å². The van der Waals surface area contributed by atoms with Crippen molar-refractivity contribution < 1.29 is 14.3 Å². The standard InChI is InChI=1S/C10H11IO3/c1-5(2)14-10-6(3)8(12)7(4-11)9(10)13/h4-5H,1-3H3/b7-4+. The first kappa shape index (κ1) is 11.4. The SMILES string of the molecule is CC1=C(OC(C)C)C(=O)/C(=C/I)C1=O. The molecule has 1 aliphatic carbocycles. The molecule has 0 bridgehead atoms. The van der Waals surface area contributed by atoms with Crippen LogP contribution in [0, 0.1) is 0 Å². The summed E-state index contributed by atoms with van der Waals surface area (Å²) in [5.74, 6) is -0.316. The highest BCUT2D eigenvalue weighted by molar-refractivity contribution is 14.1. The van der Waals surface area contributed by atoms with Crippen molar-refractivity contribution in [1.82, 2.24) is 0 Å². The second kappa shape index (κ2) is 4.25. The molecule has 0 aromatic carbocycles. The van der Waals surface area contributed by atoms with Gasteiger partial charge in [-0.15, -0.1) is 0 Å². The fraction of sp³-hybridized carbons (Fsp3) is 0.400. The molecule has 0 radical (unpaired) electrons. The quantitative estimate of drug-likeness (QED) is 0.446. The molecule has 0 saturated carbocycles. The minimum absolute atomic E-state index is 0.0924. The number of halogens is 1. The molecular formula is C10H11IO3. The van der Waals surface area contributed by atoms with Crippen molar-refractivity contribution in [3.05, 3.63) is 21.0 Å². The van der Waals surface area contributed by atoms with Crippen LogP contribution < -0.4 is 0 Å². The summed E-state index contributed by atoms with van der Waals surface area (Å²) in [7, 11) is 0. The van der Waals surface area contributed by atoms with Crippen molar-refractivity contribution in [2.24, 2.45) is 0 Å². The smallest absolute Gasteiger partial charge is 0.232 e. The van der Waals surface area contributed by atoms with E-state index in [0.29, 0.717) is 5.57 Å². The van der Waals surface area contributed by atoms with Gasteiger partial charge in [0.1, 0.15) is 0 Å². The monoisotopic (exact) mass is 306 g/mol. The fourth-order valence-corrected chi connectivity index (χ4v) is 1.74. The van der Waals surface area contributed by atoms with Crippen molar-refractivity contribution in [2.75, 3.05) is 0 Å². The first-order valence-corrected chi connectivity index (χ1v) is 5.51. The lowest BCUT2D eigenvalue weighted by Crippen LogP contribution is -2.09. The van der Waals surface area contributed by atoms with Gasteiger partial charge in [0.25, 0.3) is 0 Å². The molecule has 0 spiro atoms. The summed E-state index contributed by atoms with van der Waals surface area (Å²) in [6, 6.07) is 0. The summed E-state index contributed by atoms with van der Waals surface area (Å²) in [4.78, 5) is 23.1. The third-order valence-electron chi connectivity index (χ3n) is 1.84. The molecule has 0 saturated heterocycles. The molecule has 1 aliphatic rings. The Kier molecular flexibility index (Phi) is 3.47. The number of hydrogen-bond acceptors (Lipinski definition) is 3. The zero-order chi connectivity index (χ0) is 10.9. The van der Waals surface area contributed by atoms with E-state index in [0.717, 1.165) is 0 Å². The predicted molar refractivity (Wildman–Crippen MR) is 61.0 cm³/mol. The van der Waals surface area contributed by atoms with Crippen LogP contribution in [0.1, 0.15) is 20.8 Å². The normalized spacial score (nSPS) is 20.2. The summed E-state index contributed by atoms with van der Waals surface area (Å²) in [5, 5.41) is 0. The Labute approximate surface area is 96.3 Å². The van der Waals surface area contributed by atoms with Crippen LogP contribution >= 0.6 is 22.6 Å². The predicted octanol–water partition coefficient (Wildman–Crippen LogP) is 2.16. The van der Waals surface area contributed by atoms with Crippen LogP contribution in [0.15, 0.2) is 21.0 Å². The zero-order valence-corrected chi connectivity index (χ0v) is 10.4. The lowest BCUT2D eigenvalue weighted by Gasteiger charge is -2.09. The Bertz CT molecular complexity index is 350. The van der Waals surface area contributed by atoms with E-state index in [1.807, 2.05) is 36.4 Å². The number of ketones is 2. The van der Waals surface area contributed by atoms with E-state index in [2.05, 4.69) is 0 Å². The Morgan fingerprint density at radius 2 is 1.86 bits per heavy atom. The molecule has 1 rings (SSSR count). The molecule has 0 unspecified atom stereocenters. The Balaban J connectivity index is 3.06. The minimum Gasteiger partial charge on any atom is -0.486 e. The molecule has 14 heavy (non-hydrogen) atoms. The van der Waals surface area contributed by atoms with Crippen molar-refractivity contribution in [3.8, 4) is 0 Å². The van der Waals surface area contributed by atoms with Crippen molar-refractivity contribution in [2.45, 2.75) is 26.9 Å². The average Bonchev–Trinajstić information content (AvgIpc) is 2.30. The van der Waals surface area contributed by atoms with Crippen LogP contribution in [0.4, 0.5) is 0 Å². The van der Waals surface area contributed by atoms with Crippen LogP contribution in [0.2, 0.25) is 0 Å². The van der Waals surface area contributed by atoms with Crippen molar-refractivity contribution >= 4 is 34.2 Å². The molecule has 0 aromatic heterocycles. The lowest BCUT2D eigenvalue weighted by atomic mass is 10.2. The van der Waals surface area contributed by atoms with Gasteiger partial charge in [0.15, 0.2) is 11.5 Å². The first-order valence-electron chi connectivity index (χ1n) is 4.26. The van der Waals surface area contributed by atoms with Gasteiger partial charge in [-0.2, -0.15) is 0 Å². The molecule has 0 atom stereocenters. The highest BCUT2D eigenvalue weighted by Gasteiger charge is 2.35. The highest BCUT2D eigenvalue weighted by atomic mass is 127. The molecule has 0 aliphatic heterocycles. The van der Waals surface area contributed by atoms with E-state index in [1.165, 1.54) is 4.08 Å². The number of allylic oxidation sites excluding steroid dienone is 2. The second-order valence-electron chi connectivity index (χ2n) is 3.30. The van der Waals surface area contributed by atoms with E-state index in [9.17, 15) is 9.59 Å². The topological polar surface area (TPSA) is 43.4 Å². The maximum atomic E-state index is 11.6. The molecule has 0 amide bonds.